The van der Waals surface area contributed by atoms with Crippen LogP contribution in [0.4, 0.5) is 10.8 Å². The molecule has 7 nitrogen and oxygen atoms in total. The van der Waals surface area contributed by atoms with E-state index >= 15 is 0 Å². The summed E-state index contributed by atoms with van der Waals surface area (Å²) in [5.41, 5.74) is 3.06. The molecule has 0 spiro atoms. The Labute approximate surface area is 158 Å². The molecular formula is C17H14N4O3S2. The average Bonchev–Trinajstić information content (AvgIpc) is 3.03. The standard InChI is InChI=1S/C17H14N4O3S2/c1-9-6-7-10(2)14-13(9)18-17(26-14)20-16(25)19-15(22)11-4-3-5-12(8-11)21(23)24/h3-8H,1-2H3,(H2,18,19,20,22,25). The smallest absolute Gasteiger partial charge is 0.270 e. The summed E-state index contributed by atoms with van der Waals surface area (Å²) in [4.78, 5) is 27.0. The van der Waals surface area contributed by atoms with E-state index in [1.165, 1.54) is 35.6 Å². The first-order chi connectivity index (χ1) is 12.3. The molecule has 1 amide bonds. The van der Waals surface area contributed by atoms with Crippen molar-refractivity contribution < 1.29 is 9.72 Å². The normalized spacial score (nSPS) is 10.5. The van der Waals surface area contributed by atoms with Gasteiger partial charge in [0.2, 0.25) is 0 Å². The largest absolute Gasteiger partial charge is 0.308 e. The number of hydrogen-bond donors (Lipinski definition) is 2. The Morgan fingerprint density at radius 2 is 1.96 bits per heavy atom. The van der Waals surface area contributed by atoms with Crippen LogP contribution in [0.15, 0.2) is 36.4 Å². The summed E-state index contributed by atoms with van der Waals surface area (Å²) < 4.78 is 1.06. The number of hydrogen-bond acceptors (Lipinski definition) is 6. The fourth-order valence-corrected chi connectivity index (χ4v) is 3.65. The highest BCUT2D eigenvalue weighted by atomic mass is 32.1. The number of aryl methyl sites for hydroxylation is 2. The first kappa shape index (κ1) is 17.9. The second-order valence-corrected chi connectivity index (χ2v) is 7.02. The predicted octanol–water partition coefficient (Wildman–Crippen LogP) is 3.95. The van der Waals surface area contributed by atoms with Crippen LogP contribution in [0.1, 0.15) is 21.5 Å². The van der Waals surface area contributed by atoms with Gasteiger partial charge in [-0.1, -0.05) is 29.5 Å². The first-order valence-corrected chi connectivity index (χ1v) is 8.81. The average molecular weight is 386 g/mol. The maximum absolute atomic E-state index is 12.2. The molecule has 0 atom stereocenters. The maximum Gasteiger partial charge on any atom is 0.270 e. The summed E-state index contributed by atoms with van der Waals surface area (Å²) in [6, 6.07) is 9.48. The van der Waals surface area contributed by atoms with Gasteiger partial charge in [-0.2, -0.15) is 0 Å². The summed E-state index contributed by atoms with van der Waals surface area (Å²) in [6.07, 6.45) is 0. The van der Waals surface area contributed by atoms with Gasteiger partial charge in [0, 0.05) is 17.7 Å². The Morgan fingerprint density at radius 3 is 2.65 bits per heavy atom. The number of carbonyl (C=O) groups is 1. The second-order valence-electron chi connectivity index (χ2n) is 5.61. The lowest BCUT2D eigenvalue weighted by Gasteiger charge is -2.07. The number of non-ortho nitro benzene ring substituents is 1. The minimum atomic E-state index is -0.556. The van der Waals surface area contributed by atoms with Gasteiger partial charge in [0.1, 0.15) is 0 Å². The Balaban J connectivity index is 1.74. The number of fused-ring (bicyclic) bond motifs is 1. The van der Waals surface area contributed by atoms with Crippen molar-refractivity contribution >= 4 is 55.6 Å². The fourth-order valence-electron chi connectivity index (χ4n) is 2.38. The number of anilines is 1. The maximum atomic E-state index is 12.2. The fraction of sp³-hybridized carbons (Fsp3) is 0.118. The Kier molecular flexibility index (Phi) is 4.92. The number of rotatable bonds is 3. The van der Waals surface area contributed by atoms with Crippen LogP contribution in [-0.4, -0.2) is 20.9 Å². The lowest BCUT2D eigenvalue weighted by atomic mass is 10.1. The minimum absolute atomic E-state index is 0.0795. The quantitative estimate of drug-likeness (QED) is 0.402. The van der Waals surface area contributed by atoms with Crippen molar-refractivity contribution in [2.75, 3.05) is 5.32 Å². The van der Waals surface area contributed by atoms with Crippen LogP contribution in [0.3, 0.4) is 0 Å². The van der Waals surface area contributed by atoms with Gasteiger partial charge in [0.15, 0.2) is 10.2 Å². The Morgan fingerprint density at radius 1 is 1.23 bits per heavy atom. The van der Waals surface area contributed by atoms with Gasteiger partial charge in [-0.05, 0) is 43.3 Å². The van der Waals surface area contributed by atoms with Crippen molar-refractivity contribution in [2.45, 2.75) is 13.8 Å². The molecule has 1 aromatic heterocycles. The molecule has 0 aliphatic rings. The number of nitrogens with one attached hydrogen (secondary N) is 2. The third kappa shape index (κ3) is 3.68. The lowest BCUT2D eigenvalue weighted by molar-refractivity contribution is -0.384. The molecule has 0 bridgehead atoms. The van der Waals surface area contributed by atoms with Crippen LogP contribution in [0, 0.1) is 24.0 Å². The molecule has 0 aliphatic carbocycles. The summed E-state index contributed by atoms with van der Waals surface area (Å²) in [6.45, 7) is 3.99. The highest BCUT2D eigenvalue weighted by Crippen LogP contribution is 2.30. The van der Waals surface area contributed by atoms with Crippen LogP contribution in [0.5, 0.6) is 0 Å². The van der Waals surface area contributed by atoms with E-state index in [1.807, 2.05) is 26.0 Å². The number of nitro benzene ring substituents is 1. The van der Waals surface area contributed by atoms with Gasteiger partial charge in [0.05, 0.1) is 15.1 Å². The van der Waals surface area contributed by atoms with E-state index in [2.05, 4.69) is 15.6 Å². The van der Waals surface area contributed by atoms with E-state index < -0.39 is 10.8 Å². The van der Waals surface area contributed by atoms with Crippen molar-refractivity contribution in [1.29, 1.82) is 0 Å². The lowest BCUT2D eigenvalue weighted by Crippen LogP contribution is -2.34. The molecule has 2 N–H and O–H groups in total. The van der Waals surface area contributed by atoms with Gasteiger partial charge >= 0.3 is 0 Å². The molecule has 3 aromatic rings. The molecule has 9 heteroatoms. The van der Waals surface area contributed by atoms with Crippen LogP contribution < -0.4 is 10.6 Å². The molecule has 132 valence electrons. The van der Waals surface area contributed by atoms with Gasteiger partial charge in [-0.25, -0.2) is 4.98 Å². The Bertz CT molecular complexity index is 1010. The monoisotopic (exact) mass is 386 g/mol. The molecule has 0 aliphatic heterocycles. The number of carbonyl (C=O) groups excluding carboxylic acids is 1. The molecule has 1 heterocycles. The molecule has 0 fully saturated rings. The van der Waals surface area contributed by atoms with Gasteiger partial charge in [0.25, 0.3) is 11.6 Å². The highest BCUT2D eigenvalue weighted by Gasteiger charge is 2.14. The van der Waals surface area contributed by atoms with E-state index in [-0.39, 0.29) is 16.4 Å². The SMILES string of the molecule is Cc1ccc(C)c2sc(NC(=S)NC(=O)c3cccc([N+](=O)[O-])c3)nc12. The molecule has 2 aromatic carbocycles. The molecule has 0 saturated heterocycles. The van der Waals surface area contributed by atoms with Crippen molar-refractivity contribution in [3.8, 4) is 0 Å². The van der Waals surface area contributed by atoms with Crippen LogP contribution in [-0.2, 0) is 0 Å². The number of amides is 1. The van der Waals surface area contributed by atoms with Gasteiger partial charge < -0.3 is 5.32 Å². The van der Waals surface area contributed by atoms with Crippen molar-refractivity contribution in [1.82, 2.24) is 10.3 Å². The summed E-state index contributed by atoms with van der Waals surface area (Å²) in [7, 11) is 0. The van der Waals surface area contributed by atoms with Crippen molar-refractivity contribution in [2.24, 2.45) is 0 Å². The third-order valence-corrected chi connectivity index (χ3v) is 5.02. The molecular weight excluding hydrogens is 372 g/mol. The second kappa shape index (κ2) is 7.14. The molecule has 0 radical (unpaired) electrons. The number of thiocarbonyl (C=S) groups is 1. The zero-order chi connectivity index (χ0) is 18.8. The zero-order valence-corrected chi connectivity index (χ0v) is 15.5. The number of nitro groups is 1. The van der Waals surface area contributed by atoms with E-state index in [1.54, 1.807) is 0 Å². The predicted molar refractivity (Wildman–Crippen MR) is 106 cm³/mol. The summed E-state index contributed by atoms with van der Waals surface area (Å²) in [5, 5.41) is 16.9. The van der Waals surface area contributed by atoms with Gasteiger partial charge in [-0.15, -0.1) is 0 Å². The molecule has 0 unspecified atom stereocenters. The van der Waals surface area contributed by atoms with Gasteiger partial charge in [-0.3, -0.25) is 20.2 Å². The molecule has 0 saturated carbocycles. The summed E-state index contributed by atoms with van der Waals surface area (Å²) in [5.74, 6) is -0.528. The van der Waals surface area contributed by atoms with E-state index in [9.17, 15) is 14.9 Å². The zero-order valence-electron chi connectivity index (χ0n) is 13.9. The number of aromatic nitrogens is 1. The van der Waals surface area contributed by atoms with Crippen molar-refractivity contribution in [3.63, 3.8) is 0 Å². The minimum Gasteiger partial charge on any atom is -0.308 e. The number of nitrogens with zero attached hydrogens (tertiary/aromatic N) is 2. The first-order valence-electron chi connectivity index (χ1n) is 7.58. The Hall–Kier alpha value is -2.91. The summed E-state index contributed by atoms with van der Waals surface area (Å²) >= 11 is 6.60. The number of benzene rings is 2. The third-order valence-electron chi connectivity index (χ3n) is 3.71. The van der Waals surface area contributed by atoms with Crippen LogP contribution >= 0.6 is 23.6 Å². The van der Waals surface area contributed by atoms with E-state index in [0.717, 1.165) is 21.3 Å². The molecule has 3 rings (SSSR count). The highest BCUT2D eigenvalue weighted by molar-refractivity contribution is 7.80. The topological polar surface area (TPSA) is 97.2 Å². The van der Waals surface area contributed by atoms with Crippen LogP contribution in [0.2, 0.25) is 0 Å². The van der Waals surface area contributed by atoms with Crippen molar-refractivity contribution in [3.05, 3.63) is 63.2 Å². The molecule has 26 heavy (non-hydrogen) atoms. The van der Waals surface area contributed by atoms with E-state index in [0.29, 0.717) is 5.13 Å². The van der Waals surface area contributed by atoms with Crippen LogP contribution in [0.25, 0.3) is 10.2 Å². The van der Waals surface area contributed by atoms with E-state index in [4.69, 9.17) is 12.2 Å². The number of thiazole rings is 1.